The van der Waals surface area contributed by atoms with E-state index in [1.807, 2.05) is 24.4 Å². The van der Waals surface area contributed by atoms with Crippen molar-refractivity contribution in [1.29, 1.82) is 0 Å². The number of likely N-dealkylation sites (tertiary alicyclic amines) is 1. The molecule has 2 aromatic rings. The fourth-order valence-corrected chi connectivity index (χ4v) is 4.01. The van der Waals surface area contributed by atoms with Crippen molar-refractivity contribution in [3.63, 3.8) is 0 Å². The van der Waals surface area contributed by atoms with Crippen LogP contribution >= 0.6 is 0 Å². The lowest BCUT2D eigenvalue weighted by molar-refractivity contribution is 0.245. The summed E-state index contributed by atoms with van der Waals surface area (Å²) in [5, 5.41) is 6.90. The molecule has 0 radical (unpaired) electrons. The number of rotatable bonds is 10. The van der Waals surface area contributed by atoms with E-state index in [0.29, 0.717) is 6.04 Å². The van der Waals surface area contributed by atoms with Crippen molar-refractivity contribution in [2.75, 3.05) is 40.3 Å². The Kier molecular flexibility index (Phi) is 8.97. The molecule has 1 unspecified atom stereocenters. The first-order valence-corrected chi connectivity index (χ1v) is 11.2. The van der Waals surface area contributed by atoms with Gasteiger partial charge in [0, 0.05) is 38.9 Å². The van der Waals surface area contributed by atoms with Crippen molar-refractivity contribution < 1.29 is 4.74 Å². The Bertz CT molecular complexity index is 872. The molecule has 0 amide bonds. The quantitative estimate of drug-likeness (QED) is 0.348. The molecule has 3 rings (SSSR count). The monoisotopic (exact) mass is 425 g/mol. The molecule has 1 saturated heterocycles. The van der Waals surface area contributed by atoms with Gasteiger partial charge < -0.3 is 19.9 Å². The van der Waals surface area contributed by atoms with E-state index in [1.165, 1.54) is 18.4 Å². The average molecular weight is 426 g/mol. The summed E-state index contributed by atoms with van der Waals surface area (Å²) < 4.78 is 7.06. The lowest BCUT2D eigenvalue weighted by Crippen LogP contribution is -2.43. The Morgan fingerprint density at radius 1 is 1.10 bits per heavy atom. The molecule has 2 N–H and O–H groups in total. The zero-order valence-corrected chi connectivity index (χ0v) is 18.7. The topological polar surface area (TPSA) is 70.9 Å². The molecule has 1 aliphatic heterocycles. The van der Waals surface area contributed by atoms with Gasteiger partial charge in [-0.2, -0.15) is 0 Å². The highest BCUT2D eigenvalue weighted by Crippen LogP contribution is 2.26. The second kappa shape index (κ2) is 12.2. The second-order valence-electron chi connectivity index (χ2n) is 7.85. The van der Waals surface area contributed by atoms with Crippen LogP contribution in [0.2, 0.25) is 0 Å². The van der Waals surface area contributed by atoms with Gasteiger partial charge in [0.15, 0.2) is 5.96 Å². The van der Waals surface area contributed by atoms with Crippen molar-refractivity contribution in [2.24, 2.45) is 4.99 Å². The van der Waals surface area contributed by atoms with Crippen molar-refractivity contribution >= 4 is 5.96 Å². The Balaban J connectivity index is 1.47. The normalized spacial score (nSPS) is 15.6. The minimum atomic E-state index is 0.0550. The van der Waals surface area contributed by atoms with E-state index >= 15 is 0 Å². The highest BCUT2D eigenvalue weighted by Gasteiger charge is 2.23. The summed E-state index contributed by atoms with van der Waals surface area (Å²) in [5.41, 5.74) is 1.35. The summed E-state index contributed by atoms with van der Waals surface area (Å²) in [5.74, 6) is 1.70. The van der Waals surface area contributed by atoms with Gasteiger partial charge in [-0.1, -0.05) is 18.2 Å². The maximum atomic E-state index is 11.8. The van der Waals surface area contributed by atoms with Crippen LogP contribution in [0.1, 0.15) is 37.3 Å². The molecule has 168 valence electrons. The number of hydrogen-bond acceptors (Lipinski definition) is 4. The number of aryl methyl sites for hydroxylation is 1. The number of ether oxygens (including phenoxy) is 1. The van der Waals surface area contributed by atoms with Crippen LogP contribution in [0.15, 0.2) is 58.4 Å². The number of benzene rings is 1. The number of methoxy groups -OCH3 is 1. The predicted octanol–water partition coefficient (Wildman–Crippen LogP) is 2.64. The highest BCUT2D eigenvalue weighted by molar-refractivity contribution is 5.79. The molecule has 2 heterocycles. The van der Waals surface area contributed by atoms with Gasteiger partial charge in [0.1, 0.15) is 5.75 Å². The van der Waals surface area contributed by atoms with Gasteiger partial charge in [-0.3, -0.25) is 14.7 Å². The van der Waals surface area contributed by atoms with E-state index < -0.39 is 0 Å². The van der Waals surface area contributed by atoms with Crippen molar-refractivity contribution in [3.8, 4) is 5.75 Å². The van der Waals surface area contributed by atoms with Gasteiger partial charge in [0.2, 0.25) is 5.56 Å². The number of nitrogens with zero attached hydrogens (tertiary/aromatic N) is 3. The van der Waals surface area contributed by atoms with Gasteiger partial charge in [0.25, 0.3) is 0 Å². The van der Waals surface area contributed by atoms with Crippen LogP contribution in [0.4, 0.5) is 0 Å². The Hall–Kier alpha value is -2.80. The van der Waals surface area contributed by atoms with E-state index in [0.717, 1.165) is 57.3 Å². The van der Waals surface area contributed by atoms with E-state index in [9.17, 15) is 4.79 Å². The largest absolute Gasteiger partial charge is 0.497 e. The minimum Gasteiger partial charge on any atom is -0.497 e. The molecule has 0 bridgehead atoms. The number of aliphatic imine (C=N–C) groups is 1. The first kappa shape index (κ1) is 22.9. The summed E-state index contributed by atoms with van der Waals surface area (Å²) in [6, 6.07) is 14.0. The van der Waals surface area contributed by atoms with Gasteiger partial charge >= 0.3 is 0 Å². The molecule has 1 fully saturated rings. The third-order valence-electron chi connectivity index (χ3n) is 5.79. The fraction of sp³-hybridized carbons (Fsp3) is 0.500. The summed E-state index contributed by atoms with van der Waals surface area (Å²) in [7, 11) is 3.50. The van der Waals surface area contributed by atoms with Gasteiger partial charge in [-0.25, -0.2) is 0 Å². The van der Waals surface area contributed by atoms with Crippen molar-refractivity contribution in [2.45, 2.75) is 38.3 Å². The lowest BCUT2D eigenvalue weighted by atomic mass is 10.1. The third-order valence-corrected chi connectivity index (χ3v) is 5.79. The minimum absolute atomic E-state index is 0.0550. The van der Waals surface area contributed by atoms with Crippen LogP contribution in [0.5, 0.6) is 5.75 Å². The SMILES string of the molecule is CN=C(NCCCCn1ccccc1=O)NCC(c1ccc(OC)cc1)N1CCCC1. The Labute approximate surface area is 185 Å². The summed E-state index contributed by atoms with van der Waals surface area (Å²) in [4.78, 5) is 18.7. The molecule has 0 aliphatic carbocycles. The summed E-state index contributed by atoms with van der Waals surface area (Å²) >= 11 is 0. The third kappa shape index (κ3) is 6.85. The van der Waals surface area contributed by atoms with Crippen LogP contribution in [0.3, 0.4) is 0 Å². The zero-order valence-electron chi connectivity index (χ0n) is 18.7. The van der Waals surface area contributed by atoms with E-state index in [1.54, 1.807) is 30.9 Å². The van der Waals surface area contributed by atoms with Crippen LogP contribution in [-0.2, 0) is 6.54 Å². The Morgan fingerprint density at radius 3 is 2.55 bits per heavy atom. The molecule has 1 aromatic carbocycles. The molecule has 1 aliphatic rings. The standard InChI is InChI=1S/C24H35N5O2/c1-25-24(26-14-4-6-18-29-17-5-3-9-23(29)30)27-19-22(28-15-7-8-16-28)20-10-12-21(31-2)13-11-20/h3,5,9-13,17,22H,4,6-8,14-16,18-19H2,1-2H3,(H2,25,26,27). The molecular formula is C24H35N5O2. The molecule has 0 spiro atoms. The van der Waals surface area contributed by atoms with Crippen LogP contribution in [-0.4, -0.2) is 55.8 Å². The summed E-state index contributed by atoms with van der Waals surface area (Å²) in [6.45, 7) is 4.61. The molecule has 1 atom stereocenters. The van der Waals surface area contributed by atoms with Gasteiger partial charge in [0.05, 0.1) is 13.2 Å². The number of aromatic nitrogens is 1. The zero-order chi connectivity index (χ0) is 21.9. The first-order valence-electron chi connectivity index (χ1n) is 11.2. The van der Waals surface area contributed by atoms with Crippen molar-refractivity contribution in [3.05, 3.63) is 64.6 Å². The molecule has 1 aromatic heterocycles. The molecule has 31 heavy (non-hydrogen) atoms. The number of guanidine groups is 1. The van der Waals surface area contributed by atoms with Crippen LogP contribution in [0.25, 0.3) is 0 Å². The average Bonchev–Trinajstić information content (AvgIpc) is 3.34. The summed E-state index contributed by atoms with van der Waals surface area (Å²) in [6.07, 6.45) is 6.26. The first-order chi connectivity index (χ1) is 15.2. The molecule has 7 nitrogen and oxygen atoms in total. The predicted molar refractivity (Wildman–Crippen MR) is 126 cm³/mol. The fourth-order valence-electron chi connectivity index (χ4n) is 4.01. The molecule has 0 saturated carbocycles. The number of nitrogens with one attached hydrogen (secondary N) is 2. The van der Waals surface area contributed by atoms with Crippen LogP contribution in [0, 0.1) is 0 Å². The smallest absolute Gasteiger partial charge is 0.250 e. The Morgan fingerprint density at radius 2 is 1.87 bits per heavy atom. The van der Waals surface area contributed by atoms with Gasteiger partial charge in [-0.05, 0) is 62.5 Å². The van der Waals surface area contributed by atoms with Crippen LogP contribution < -0.4 is 20.9 Å². The maximum Gasteiger partial charge on any atom is 0.250 e. The lowest BCUT2D eigenvalue weighted by Gasteiger charge is -2.29. The molecular weight excluding hydrogens is 390 g/mol. The number of pyridine rings is 1. The van der Waals surface area contributed by atoms with E-state index in [-0.39, 0.29) is 5.56 Å². The molecule has 7 heteroatoms. The van der Waals surface area contributed by atoms with Crippen molar-refractivity contribution in [1.82, 2.24) is 20.1 Å². The van der Waals surface area contributed by atoms with Gasteiger partial charge in [-0.15, -0.1) is 0 Å². The number of hydrogen-bond donors (Lipinski definition) is 2. The second-order valence-corrected chi connectivity index (χ2v) is 7.85. The number of unbranched alkanes of at least 4 members (excludes halogenated alkanes) is 1. The van der Waals surface area contributed by atoms with E-state index in [4.69, 9.17) is 4.74 Å². The highest BCUT2D eigenvalue weighted by atomic mass is 16.5. The maximum absolute atomic E-state index is 11.8. The van der Waals surface area contributed by atoms with E-state index in [2.05, 4.69) is 32.7 Å².